The smallest absolute Gasteiger partial charge is 0.228 e. The molecule has 0 aliphatic heterocycles. The van der Waals surface area contributed by atoms with Crippen LogP contribution >= 0.6 is 0 Å². The van der Waals surface area contributed by atoms with Gasteiger partial charge in [-0.2, -0.15) is 0 Å². The maximum absolute atomic E-state index is 12.2. The first-order chi connectivity index (χ1) is 9.88. The van der Waals surface area contributed by atoms with Gasteiger partial charge in [-0.1, -0.05) is 31.5 Å². The van der Waals surface area contributed by atoms with E-state index >= 15 is 0 Å². The topological polar surface area (TPSA) is 58.2 Å². The van der Waals surface area contributed by atoms with Crippen LogP contribution in [0.3, 0.4) is 0 Å². The molecule has 4 heteroatoms. The maximum atomic E-state index is 12.2. The van der Waals surface area contributed by atoms with E-state index < -0.39 is 0 Å². The normalized spacial score (nSPS) is 20.2. The highest BCUT2D eigenvalue weighted by Gasteiger charge is 2.47. The number of carbonyl (C=O) groups excluding carboxylic acids is 2. The quantitative estimate of drug-likeness (QED) is 0.875. The van der Waals surface area contributed by atoms with Crippen molar-refractivity contribution in [3.8, 4) is 0 Å². The summed E-state index contributed by atoms with van der Waals surface area (Å²) in [6, 6.07) is 5.93. The van der Waals surface area contributed by atoms with Gasteiger partial charge in [0.2, 0.25) is 11.8 Å². The number of hydrogen-bond donors (Lipinski definition) is 2. The van der Waals surface area contributed by atoms with Crippen molar-refractivity contribution in [2.24, 2.45) is 17.8 Å². The molecule has 4 nitrogen and oxygen atoms in total. The van der Waals surface area contributed by atoms with E-state index in [-0.39, 0.29) is 23.7 Å². The van der Waals surface area contributed by atoms with Crippen molar-refractivity contribution in [1.29, 1.82) is 0 Å². The van der Waals surface area contributed by atoms with Gasteiger partial charge in [0, 0.05) is 12.2 Å². The van der Waals surface area contributed by atoms with E-state index in [4.69, 9.17) is 0 Å². The number of rotatable bonds is 5. The Kier molecular flexibility index (Phi) is 4.66. The molecule has 2 unspecified atom stereocenters. The van der Waals surface area contributed by atoms with Gasteiger partial charge in [-0.25, -0.2) is 0 Å². The van der Waals surface area contributed by atoms with Crippen LogP contribution < -0.4 is 10.6 Å². The van der Waals surface area contributed by atoms with Gasteiger partial charge < -0.3 is 10.6 Å². The van der Waals surface area contributed by atoms with Gasteiger partial charge in [0.15, 0.2) is 0 Å². The molecule has 1 fully saturated rings. The minimum Gasteiger partial charge on any atom is -0.356 e. The van der Waals surface area contributed by atoms with Crippen LogP contribution in [-0.4, -0.2) is 18.4 Å². The van der Waals surface area contributed by atoms with Crippen LogP contribution in [0.1, 0.15) is 31.4 Å². The Hall–Kier alpha value is -1.84. The summed E-state index contributed by atoms with van der Waals surface area (Å²) >= 11 is 0. The molecule has 114 valence electrons. The van der Waals surface area contributed by atoms with Crippen LogP contribution in [0.5, 0.6) is 0 Å². The van der Waals surface area contributed by atoms with E-state index in [1.165, 1.54) is 5.56 Å². The molecular weight excluding hydrogens is 264 g/mol. The molecule has 1 aromatic carbocycles. The van der Waals surface area contributed by atoms with Crippen LogP contribution in [-0.2, 0) is 9.59 Å². The molecule has 2 atom stereocenters. The van der Waals surface area contributed by atoms with Gasteiger partial charge in [0.25, 0.3) is 0 Å². The van der Waals surface area contributed by atoms with E-state index in [2.05, 4.69) is 24.5 Å². The van der Waals surface area contributed by atoms with E-state index in [9.17, 15) is 9.59 Å². The predicted octanol–water partition coefficient (Wildman–Crippen LogP) is 2.65. The van der Waals surface area contributed by atoms with Crippen molar-refractivity contribution < 1.29 is 9.59 Å². The molecule has 1 saturated carbocycles. The zero-order valence-corrected chi connectivity index (χ0v) is 13.2. The predicted molar refractivity (Wildman–Crippen MR) is 84.0 cm³/mol. The monoisotopic (exact) mass is 288 g/mol. The standard InChI is InChI=1S/C17H24N2O2/c1-10(2)9-18-16(20)13-8-14(13)17(21)19-15-6-5-11(3)7-12(15)4/h5-7,10,13-14H,8-9H2,1-4H3,(H,18,20)(H,19,21). The summed E-state index contributed by atoms with van der Waals surface area (Å²) in [4.78, 5) is 24.1. The Morgan fingerprint density at radius 2 is 1.86 bits per heavy atom. The zero-order valence-electron chi connectivity index (χ0n) is 13.2. The molecule has 1 aromatic rings. The molecule has 2 N–H and O–H groups in total. The molecule has 2 amide bonds. The third kappa shape index (κ3) is 4.06. The van der Waals surface area contributed by atoms with Crippen molar-refractivity contribution in [1.82, 2.24) is 5.32 Å². The zero-order chi connectivity index (χ0) is 15.6. The molecule has 0 radical (unpaired) electrons. The number of anilines is 1. The number of benzene rings is 1. The van der Waals surface area contributed by atoms with E-state index in [0.29, 0.717) is 18.9 Å². The lowest BCUT2D eigenvalue weighted by Gasteiger charge is -2.09. The average molecular weight is 288 g/mol. The molecular formula is C17H24N2O2. The molecule has 1 aliphatic rings. The molecule has 0 aromatic heterocycles. The van der Waals surface area contributed by atoms with Gasteiger partial charge in [0.1, 0.15) is 0 Å². The van der Waals surface area contributed by atoms with Crippen LogP contribution in [0, 0.1) is 31.6 Å². The van der Waals surface area contributed by atoms with Gasteiger partial charge >= 0.3 is 0 Å². The van der Waals surface area contributed by atoms with Gasteiger partial charge in [0.05, 0.1) is 11.8 Å². The van der Waals surface area contributed by atoms with Crippen molar-refractivity contribution in [3.05, 3.63) is 29.3 Å². The number of aryl methyl sites for hydroxylation is 2. The van der Waals surface area contributed by atoms with Crippen LogP contribution in [0.25, 0.3) is 0 Å². The fourth-order valence-electron chi connectivity index (χ4n) is 2.39. The largest absolute Gasteiger partial charge is 0.356 e. The second kappa shape index (κ2) is 6.29. The summed E-state index contributed by atoms with van der Waals surface area (Å²) < 4.78 is 0. The lowest BCUT2D eigenvalue weighted by Crippen LogP contribution is -2.30. The van der Waals surface area contributed by atoms with Gasteiger partial charge in [-0.3, -0.25) is 9.59 Å². The summed E-state index contributed by atoms with van der Waals surface area (Å²) in [6.07, 6.45) is 0.653. The molecule has 0 bridgehead atoms. The number of amides is 2. The number of hydrogen-bond acceptors (Lipinski definition) is 2. The van der Waals surface area contributed by atoms with Crippen molar-refractivity contribution in [3.63, 3.8) is 0 Å². The summed E-state index contributed by atoms with van der Waals surface area (Å²) in [5, 5.41) is 5.82. The molecule has 0 saturated heterocycles. The summed E-state index contributed by atoms with van der Waals surface area (Å²) in [5.41, 5.74) is 3.05. The molecule has 1 aliphatic carbocycles. The highest BCUT2D eigenvalue weighted by molar-refractivity contribution is 5.99. The Bertz CT molecular complexity index is 552. The highest BCUT2D eigenvalue weighted by Crippen LogP contribution is 2.39. The van der Waals surface area contributed by atoms with Gasteiger partial charge in [-0.05, 0) is 37.8 Å². The Morgan fingerprint density at radius 3 is 2.48 bits per heavy atom. The molecule has 0 heterocycles. The lowest BCUT2D eigenvalue weighted by atomic mass is 10.1. The third-order valence-corrected chi connectivity index (χ3v) is 3.79. The summed E-state index contributed by atoms with van der Waals surface area (Å²) in [5.74, 6) is 0.0404. The van der Waals surface area contributed by atoms with Gasteiger partial charge in [-0.15, -0.1) is 0 Å². The average Bonchev–Trinajstić information content (AvgIpc) is 3.19. The summed E-state index contributed by atoms with van der Waals surface area (Å²) in [7, 11) is 0. The molecule has 21 heavy (non-hydrogen) atoms. The first-order valence-corrected chi connectivity index (χ1v) is 7.54. The summed E-state index contributed by atoms with van der Waals surface area (Å²) in [6.45, 7) is 8.77. The van der Waals surface area contributed by atoms with Crippen molar-refractivity contribution >= 4 is 17.5 Å². The fourth-order valence-corrected chi connectivity index (χ4v) is 2.39. The number of nitrogens with one attached hydrogen (secondary N) is 2. The van der Waals surface area contributed by atoms with Crippen LogP contribution in [0.2, 0.25) is 0 Å². The Balaban J connectivity index is 1.87. The highest BCUT2D eigenvalue weighted by atomic mass is 16.2. The first-order valence-electron chi connectivity index (χ1n) is 7.54. The van der Waals surface area contributed by atoms with E-state index in [1.54, 1.807) is 0 Å². The van der Waals surface area contributed by atoms with E-state index in [1.807, 2.05) is 32.0 Å². The van der Waals surface area contributed by atoms with Crippen LogP contribution in [0.4, 0.5) is 5.69 Å². The molecule has 0 spiro atoms. The van der Waals surface area contributed by atoms with Crippen molar-refractivity contribution in [2.75, 3.05) is 11.9 Å². The minimum absolute atomic E-state index is 0.00415. The maximum Gasteiger partial charge on any atom is 0.228 e. The van der Waals surface area contributed by atoms with Crippen molar-refractivity contribution in [2.45, 2.75) is 34.1 Å². The molecule has 2 rings (SSSR count). The SMILES string of the molecule is Cc1ccc(NC(=O)C2CC2C(=O)NCC(C)C)c(C)c1. The lowest BCUT2D eigenvalue weighted by molar-refractivity contribution is -0.125. The first kappa shape index (κ1) is 15.5. The second-order valence-electron chi connectivity index (χ2n) is 6.40. The van der Waals surface area contributed by atoms with Crippen LogP contribution in [0.15, 0.2) is 18.2 Å². The Labute approximate surface area is 126 Å². The fraction of sp³-hybridized carbons (Fsp3) is 0.529. The second-order valence-corrected chi connectivity index (χ2v) is 6.40. The number of carbonyl (C=O) groups is 2. The minimum atomic E-state index is -0.183. The third-order valence-electron chi connectivity index (χ3n) is 3.79. The Morgan fingerprint density at radius 1 is 1.19 bits per heavy atom. The van der Waals surface area contributed by atoms with E-state index in [0.717, 1.165) is 11.3 Å².